The number of fused-ring (bicyclic) bond motifs is 1. The molecule has 8 nitrogen and oxygen atoms in total. The second-order valence-corrected chi connectivity index (χ2v) is 13.8. The summed E-state index contributed by atoms with van der Waals surface area (Å²) in [7, 11) is 0. The van der Waals surface area contributed by atoms with E-state index in [0.29, 0.717) is 67.5 Å². The maximum absolute atomic E-state index is 14.6. The summed E-state index contributed by atoms with van der Waals surface area (Å²) in [5.41, 5.74) is 9.17. The zero-order valence-electron chi connectivity index (χ0n) is 29.5. The lowest BCUT2D eigenvalue weighted by atomic mass is 9.97. The molecule has 5 aromatic carbocycles. The minimum absolute atomic E-state index is 0.0702. The van der Waals surface area contributed by atoms with Gasteiger partial charge in [0.1, 0.15) is 23.6 Å². The highest BCUT2D eigenvalue weighted by molar-refractivity contribution is 6.30. The van der Waals surface area contributed by atoms with Crippen molar-refractivity contribution in [2.45, 2.75) is 51.1 Å². The molecule has 6 rings (SSSR count). The van der Waals surface area contributed by atoms with Crippen LogP contribution in [0.3, 0.4) is 0 Å². The summed E-state index contributed by atoms with van der Waals surface area (Å²) >= 11 is 6.26. The zero-order chi connectivity index (χ0) is 36.5. The van der Waals surface area contributed by atoms with Crippen LogP contribution in [0.25, 0.3) is 10.8 Å². The second kappa shape index (κ2) is 17.4. The molecule has 0 aliphatic carbocycles. The molecule has 3 amide bonds. The fraction of sp³-hybridized carbons (Fsp3) is 0.279. The van der Waals surface area contributed by atoms with Crippen LogP contribution in [0.15, 0.2) is 115 Å². The van der Waals surface area contributed by atoms with Gasteiger partial charge in [-0.05, 0) is 115 Å². The molecule has 1 saturated heterocycles. The molecule has 9 heteroatoms. The van der Waals surface area contributed by atoms with E-state index in [9.17, 15) is 14.4 Å². The third-order valence-corrected chi connectivity index (χ3v) is 9.95. The van der Waals surface area contributed by atoms with E-state index >= 15 is 0 Å². The first-order valence-corrected chi connectivity index (χ1v) is 18.3. The van der Waals surface area contributed by atoms with Gasteiger partial charge in [-0.2, -0.15) is 0 Å². The monoisotopic (exact) mass is 716 g/mol. The summed E-state index contributed by atoms with van der Waals surface area (Å²) in [4.78, 5) is 46.0. The average molecular weight is 717 g/mol. The van der Waals surface area contributed by atoms with Crippen LogP contribution in [0.5, 0.6) is 11.5 Å². The van der Waals surface area contributed by atoms with Gasteiger partial charge in [0.15, 0.2) is 0 Å². The molecule has 5 aromatic rings. The van der Waals surface area contributed by atoms with E-state index in [1.54, 1.807) is 35.2 Å². The van der Waals surface area contributed by atoms with Gasteiger partial charge in [-0.1, -0.05) is 78.3 Å². The number of carbonyl (C=O) groups is 3. The molecule has 0 unspecified atom stereocenters. The van der Waals surface area contributed by atoms with Crippen molar-refractivity contribution in [2.75, 3.05) is 26.2 Å². The highest BCUT2D eigenvalue weighted by atomic mass is 35.5. The Morgan fingerprint density at radius 3 is 2.35 bits per heavy atom. The molecule has 0 spiro atoms. The number of halogens is 1. The number of carbonyl (C=O) groups excluding carboxylic acids is 3. The average Bonchev–Trinajstić information content (AvgIpc) is 3.16. The Balaban J connectivity index is 1.20. The van der Waals surface area contributed by atoms with Crippen LogP contribution in [0.2, 0.25) is 5.02 Å². The quantitative estimate of drug-likeness (QED) is 0.117. The summed E-state index contributed by atoms with van der Waals surface area (Å²) in [5, 5.41) is 5.96. The van der Waals surface area contributed by atoms with Gasteiger partial charge < -0.3 is 25.6 Å². The first-order chi connectivity index (χ1) is 25.3. The summed E-state index contributed by atoms with van der Waals surface area (Å²) in [5.74, 6) is 0.528. The maximum Gasteiger partial charge on any atom is 0.251 e. The number of nitrogens with zero attached hydrogens (tertiary/aromatic N) is 2. The van der Waals surface area contributed by atoms with Crippen LogP contribution < -0.4 is 15.8 Å². The Kier molecular flexibility index (Phi) is 12.2. The Bertz CT molecular complexity index is 2000. The van der Waals surface area contributed by atoms with Gasteiger partial charge >= 0.3 is 0 Å². The number of rotatable bonds is 14. The molecule has 52 heavy (non-hydrogen) atoms. The lowest BCUT2D eigenvalue weighted by Crippen LogP contribution is -2.62. The molecular weight excluding hydrogens is 672 g/mol. The van der Waals surface area contributed by atoms with Gasteiger partial charge in [0.2, 0.25) is 11.8 Å². The minimum Gasteiger partial charge on any atom is -0.457 e. The van der Waals surface area contributed by atoms with E-state index in [4.69, 9.17) is 22.1 Å². The number of unbranched alkanes of at least 4 members (excludes halogenated alkanes) is 1. The Labute approximate surface area is 310 Å². The number of amides is 3. The van der Waals surface area contributed by atoms with Crippen LogP contribution in [0.4, 0.5) is 0 Å². The van der Waals surface area contributed by atoms with Crippen molar-refractivity contribution in [1.29, 1.82) is 0 Å². The van der Waals surface area contributed by atoms with Gasteiger partial charge in [0.25, 0.3) is 5.91 Å². The Hall–Kier alpha value is -5.18. The predicted molar refractivity (Wildman–Crippen MR) is 207 cm³/mol. The number of hydrogen-bond donors (Lipinski definition) is 2. The number of aryl methyl sites for hydroxylation is 1. The number of ether oxygens (including phenoxy) is 1. The van der Waals surface area contributed by atoms with Gasteiger partial charge in [-0.25, -0.2) is 0 Å². The van der Waals surface area contributed by atoms with E-state index in [1.807, 2.05) is 66.4 Å². The lowest BCUT2D eigenvalue weighted by Gasteiger charge is -2.42. The SMILES string of the molecule is Cc1cc(Cl)ccc1C[C@@H](NC(=O)c1ccc(Oc2ccccc2)cc1)C(=O)N1CCN(CCc2ccc3ccccc3c2)C(=O)[C@@H]1CCCCN. The normalized spacial score (nSPS) is 15.1. The zero-order valence-corrected chi connectivity index (χ0v) is 30.2. The standard InChI is InChI=1S/C43H45ClN4O4/c1-30-27-36(44)19-16-34(30)29-39(46-41(49)33-17-20-38(21-18-33)52-37-11-3-2-4-12-37)42(50)48-26-25-47(43(51)40(48)13-7-8-23-45)24-22-31-14-15-32-9-5-6-10-35(32)28-31/h2-6,9-12,14-21,27-28,39-40H,7-8,13,22-26,29,45H2,1H3,(H,46,49)/t39-,40+/m1/s1. The maximum atomic E-state index is 14.6. The number of para-hydroxylation sites is 1. The van der Waals surface area contributed by atoms with E-state index in [-0.39, 0.29) is 18.2 Å². The van der Waals surface area contributed by atoms with Crippen LogP contribution in [-0.4, -0.2) is 65.8 Å². The van der Waals surface area contributed by atoms with Crippen LogP contribution >= 0.6 is 11.6 Å². The predicted octanol–water partition coefficient (Wildman–Crippen LogP) is 7.35. The summed E-state index contributed by atoms with van der Waals surface area (Å²) in [6, 6.07) is 34.8. The van der Waals surface area contributed by atoms with Crippen molar-refractivity contribution in [3.8, 4) is 11.5 Å². The van der Waals surface area contributed by atoms with Crippen molar-refractivity contribution in [1.82, 2.24) is 15.1 Å². The van der Waals surface area contributed by atoms with Crippen LogP contribution in [0, 0.1) is 6.92 Å². The summed E-state index contributed by atoms with van der Waals surface area (Å²) in [6.07, 6.45) is 2.91. The van der Waals surface area contributed by atoms with Crippen LogP contribution in [0.1, 0.15) is 46.3 Å². The second-order valence-electron chi connectivity index (χ2n) is 13.3. The van der Waals surface area contributed by atoms with E-state index in [0.717, 1.165) is 23.1 Å². The molecular formula is C43H45ClN4O4. The van der Waals surface area contributed by atoms with Gasteiger partial charge in [0.05, 0.1) is 0 Å². The minimum atomic E-state index is -0.915. The third-order valence-electron chi connectivity index (χ3n) is 9.71. The molecule has 1 aliphatic rings. The van der Waals surface area contributed by atoms with Crippen molar-refractivity contribution < 1.29 is 19.1 Å². The molecule has 0 aromatic heterocycles. The first kappa shape index (κ1) is 36.6. The fourth-order valence-corrected chi connectivity index (χ4v) is 7.02. The molecule has 3 N–H and O–H groups in total. The molecule has 268 valence electrons. The molecule has 1 fully saturated rings. The Morgan fingerprint density at radius 2 is 1.60 bits per heavy atom. The summed E-state index contributed by atoms with van der Waals surface area (Å²) in [6.45, 7) is 3.77. The van der Waals surface area contributed by atoms with Crippen molar-refractivity contribution in [3.63, 3.8) is 0 Å². The number of hydrogen-bond acceptors (Lipinski definition) is 5. The molecule has 1 heterocycles. The molecule has 0 saturated carbocycles. The smallest absolute Gasteiger partial charge is 0.251 e. The highest BCUT2D eigenvalue weighted by Crippen LogP contribution is 2.24. The fourth-order valence-electron chi connectivity index (χ4n) is 6.79. The lowest BCUT2D eigenvalue weighted by molar-refractivity contribution is -0.152. The van der Waals surface area contributed by atoms with E-state index in [1.165, 1.54) is 10.8 Å². The van der Waals surface area contributed by atoms with Gasteiger partial charge in [-0.15, -0.1) is 0 Å². The van der Waals surface area contributed by atoms with Crippen LogP contribution in [-0.2, 0) is 22.4 Å². The number of nitrogens with two attached hydrogens (primary N) is 1. The van der Waals surface area contributed by atoms with Gasteiger partial charge in [0, 0.05) is 36.6 Å². The number of benzene rings is 5. The molecule has 2 atom stereocenters. The van der Waals surface area contributed by atoms with E-state index in [2.05, 4.69) is 35.6 Å². The molecule has 0 bridgehead atoms. The number of nitrogens with one attached hydrogen (secondary N) is 1. The number of piperazine rings is 1. The third kappa shape index (κ3) is 9.18. The van der Waals surface area contributed by atoms with Crippen molar-refractivity contribution >= 4 is 40.1 Å². The van der Waals surface area contributed by atoms with Gasteiger partial charge in [-0.3, -0.25) is 14.4 Å². The first-order valence-electron chi connectivity index (χ1n) is 17.9. The van der Waals surface area contributed by atoms with E-state index < -0.39 is 18.0 Å². The van der Waals surface area contributed by atoms with Crippen molar-refractivity contribution in [2.24, 2.45) is 5.73 Å². The van der Waals surface area contributed by atoms with Crippen molar-refractivity contribution in [3.05, 3.63) is 143 Å². The highest BCUT2D eigenvalue weighted by Gasteiger charge is 2.39. The summed E-state index contributed by atoms with van der Waals surface area (Å²) < 4.78 is 5.90. The topological polar surface area (TPSA) is 105 Å². The largest absolute Gasteiger partial charge is 0.457 e. The molecule has 1 aliphatic heterocycles. The molecule has 0 radical (unpaired) electrons. The Morgan fingerprint density at radius 1 is 0.865 bits per heavy atom.